The van der Waals surface area contributed by atoms with Gasteiger partial charge in [0, 0.05) is 26.7 Å². The van der Waals surface area contributed by atoms with Crippen LogP contribution in [0.5, 0.6) is 5.75 Å². The van der Waals surface area contributed by atoms with Crippen molar-refractivity contribution in [1.29, 1.82) is 0 Å². The number of nitrogens with one attached hydrogen (secondary N) is 1. The highest BCUT2D eigenvalue weighted by atomic mass is 19.4. The van der Waals surface area contributed by atoms with Gasteiger partial charge in [-0.05, 0) is 25.1 Å². The normalized spacial score (nSPS) is 11.5. The molecular weight excluding hydrogens is 484 g/mol. The summed E-state index contributed by atoms with van der Waals surface area (Å²) in [6.45, 7) is 0.324. The van der Waals surface area contributed by atoms with Crippen molar-refractivity contribution in [1.82, 2.24) is 14.3 Å². The first-order valence-corrected chi connectivity index (χ1v) is 10.00. The van der Waals surface area contributed by atoms with E-state index in [1.165, 1.54) is 7.05 Å². The molecule has 0 unspecified atom stereocenters. The van der Waals surface area contributed by atoms with E-state index >= 15 is 4.39 Å². The van der Waals surface area contributed by atoms with Gasteiger partial charge in [0.1, 0.15) is 34.6 Å². The van der Waals surface area contributed by atoms with Gasteiger partial charge in [0.05, 0.1) is 5.56 Å². The van der Waals surface area contributed by atoms with Crippen LogP contribution < -0.4 is 20.6 Å². The van der Waals surface area contributed by atoms with E-state index in [0.29, 0.717) is 23.4 Å². The van der Waals surface area contributed by atoms with E-state index < -0.39 is 64.5 Å². The van der Waals surface area contributed by atoms with Gasteiger partial charge in [-0.25, -0.2) is 18.0 Å². The average molecular weight is 503 g/mol. The fourth-order valence-corrected chi connectivity index (χ4v) is 3.02. The monoisotopic (exact) mass is 503 g/mol. The van der Waals surface area contributed by atoms with E-state index in [2.05, 4.69) is 9.84 Å². The van der Waals surface area contributed by atoms with Crippen LogP contribution in [-0.2, 0) is 7.05 Å². The lowest BCUT2D eigenvalue weighted by atomic mass is 10.1. The second-order valence-electron chi connectivity index (χ2n) is 7.32. The Morgan fingerprint density at radius 1 is 1.14 bits per heavy atom. The molecule has 1 amide bonds. The molecule has 0 fully saturated rings. The van der Waals surface area contributed by atoms with Crippen LogP contribution in [0.15, 0.2) is 35.1 Å². The molecule has 0 saturated carbocycles. The Bertz CT molecular complexity index is 1300. The number of benzene rings is 2. The summed E-state index contributed by atoms with van der Waals surface area (Å²) in [5.41, 5.74) is -3.12. The number of anilines is 2. The van der Waals surface area contributed by atoms with Gasteiger partial charge in [-0.15, -0.1) is 5.10 Å². The van der Waals surface area contributed by atoms with E-state index in [9.17, 15) is 31.5 Å². The van der Waals surface area contributed by atoms with E-state index in [0.717, 1.165) is 22.8 Å². The summed E-state index contributed by atoms with van der Waals surface area (Å²) in [5, 5.41) is 5.86. The Morgan fingerprint density at radius 2 is 1.77 bits per heavy atom. The number of alkyl halides is 3. The quantitative estimate of drug-likeness (QED) is 0.498. The maximum Gasteiger partial charge on any atom is 0.422 e. The summed E-state index contributed by atoms with van der Waals surface area (Å²) in [7, 11) is 2.96. The van der Waals surface area contributed by atoms with Crippen LogP contribution in [0.2, 0.25) is 0 Å². The molecule has 0 aliphatic carbocycles. The Balaban J connectivity index is 2.12. The van der Waals surface area contributed by atoms with Crippen molar-refractivity contribution in [2.24, 2.45) is 7.05 Å². The van der Waals surface area contributed by atoms with Crippen LogP contribution in [0, 0.1) is 17.5 Å². The Kier molecular flexibility index (Phi) is 7.12. The molecule has 2 aromatic carbocycles. The summed E-state index contributed by atoms with van der Waals surface area (Å²) in [6, 6.07) is 3.86. The summed E-state index contributed by atoms with van der Waals surface area (Å²) in [6.07, 6.45) is -4.83. The molecule has 0 bridgehead atoms. The summed E-state index contributed by atoms with van der Waals surface area (Å²) in [5.74, 6) is -5.57. The van der Waals surface area contributed by atoms with Crippen LogP contribution in [0.1, 0.15) is 17.3 Å². The molecule has 3 rings (SSSR count). The highest BCUT2D eigenvalue weighted by Crippen LogP contribution is 2.29. The second-order valence-corrected chi connectivity index (χ2v) is 7.32. The van der Waals surface area contributed by atoms with Crippen LogP contribution in [0.4, 0.5) is 38.0 Å². The van der Waals surface area contributed by atoms with Gasteiger partial charge in [0.25, 0.3) is 5.91 Å². The third kappa shape index (κ3) is 5.41. The first-order valence-electron chi connectivity index (χ1n) is 10.00. The van der Waals surface area contributed by atoms with E-state index in [1.54, 1.807) is 18.9 Å². The minimum atomic E-state index is -4.83. The lowest BCUT2D eigenvalue weighted by Crippen LogP contribution is -2.25. The summed E-state index contributed by atoms with van der Waals surface area (Å²) in [4.78, 5) is 26.8. The first kappa shape index (κ1) is 25.6. The van der Waals surface area contributed by atoms with Gasteiger partial charge in [-0.2, -0.15) is 17.9 Å². The summed E-state index contributed by atoms with van der Waals surface area (Å²) >= 11 is 0. The standard InChI is InChI=1S/C21H19F6N5O3/c1-4-30(2)19-29-32(20(34)31(19)3)15-9-16(35-10-21(25,26)27)11(8-14(15)24)18(33)28-17-12(22)6-5-7-13(17)23/h5-9H,4,10H2,1-3H3,(H,28,33). The highest BCUT2D eigenvalue weighted by molar-refractivity contribution is 6.06. The zero-order valence-corrected chi connectivity index (χ0v) is 18.6. The minimum absolute atomic E-state index is 0.131. The van der Waals surface area contributed by atoms with Crippen molar-refractivity contribution in [2.45, 2.75) is 13.1 Å². The molecule has 0 atom stereocenters. The number of hydrogen-bond donors (Lipinski definition) is 1. The number of ether oxygens (including phenoxy) is 1. The zero-order chi connectivity index (χ0) is 26.1. The molecule has 188 valence electrons. The van der Waals surface area contributed by atoms with E-state index in [1.807, 2.05) is 5.32 Å². The SMILES string of the molecule is CCN(C)c1nn(-c2cc(OCC(F)(F)F)c(C(=O)Nc3c(F)cccc3F)cc2F)c(=O)n1C. The largest absolute Gasteiger partial charge is 0.483 e. The third-order valence-corrected chi connectivity index (χ3v) is 4.89. The predicted molar refractivity (Wildman–Crippen MR) is 114 cm³/mol. The zero-order valence-electron chi connectivity index (χ0n) is 18.6. The topological polar surface area (TPSA) is 81.4 Å². The number of rotatable bonds is 7. The minimum Gasteiger partial charge on any atom is -0.483 e. The van der Waals surface area contributed by atoms with Gasteiger partial charge < -0.3 is 15.0 Å². The lowest BCUT2D eigenvalue weighted by molar-refractivity contribution is -0.153. The van der Waals surface area contributed by atoms with Crippen molar-refractivity contribution >= 4 is 17.5 Å². The van der Waals surface area contributed by atoms with E-state index in [4.69, 9.17) is 0 Å². The molecule has 35 heavy (non-hydrogen) atoms. The molecule has 8 nitrogen and oxygen atoms in total. The molecule has 1 heterocycles. The Hall–Kier alpha value is -3.97. The van der Waals surface area contributed by atoms with Gasteiger partial charge in [0.2, 0.25) is 5.95 Å². The molecule has 0 aliphatic heterocycles. The first-order chi connectivity index (χ1) is 16.3. The van der Waals surface area contributed by atoms with Crippen LogP contribution in [0.25, 0.3) is 5.69 Å². The Labute approximate surface area is 194 Å². The van der Waals surface area contributed by atoms with E-state index in [-0.39, 0.29) is 5.95 Å². The maximum absolute atomic E-state index is 15.0. The molecule has 0 saturated heterocycles. The van der Waals surface area contributed by atoms with Crippen molar-refractivity contribution in [2.75, 3.05) is 30.4 Å². The third-order valence-electron chi connectivity index (χ3n) is 4.89. The number of carbonyl (C=O) groups is 1. The van der Waals surface area contributed by atoms with Crippen molar-refractivity contribution in [3.05, 3.63) is 63.8 Å². The molecule has 0 aliphatic rings. The molecule has 1 N–H and O–H groups in total. The summed E-state index contributed by atoms with van der Waals surface area (Å²) < 4.78 is 87.6. The van der Waals surface area contributed by atoms with Gasteiger partial charge in [-0.3, -0.25) is 9.36 Å². The lowest BCUT2D eigenvalue weighted by Gasteiger charge is -2.16. The van der Waals surface area contributed by atoms with Crippen LogP contribution >= 0.6 is 0 Å². The van der Waals surface area contributed by atoms with Crippen molar-refractivity contribution in [3.63, 3.8) is 0 Å². The maximum atomic E-state index is 15.0. The molecule has 0 spiro atoms. The number of amides is 1. The van der Waals surface area contributed by atoms with Crippen molar-refractivity contribution in [3.8, 4) is 11.4 Å². The Morgan fingerprint density at radius 3 is 2.34 bits per heavy atom. The highest BCUT2D eigenvalue weighted by Gasteiger charge is 2.30. The molecule has 3 aromatic rings. The molecular formula is C21H19F6N5O3. The second kappa shape index (κ2) is 9.72. The predicted octanol–water partition coefficient (Wildman–Crippen LogP) is 3.64. The fraction of sp³-hybridized carbons (Fsp3) is 0.286. The fourth-order valence-electron chi connectivity index (χ4n) is 3.02. The number of nitrogens with zero attached hydrogens (tertiary/aromatic N) is 4. The number of hydrogen-bond acceptors (Lipinski definition) is 5. The molecule has 0 radical (unpaired) electrons. The number of carbonyl (C=O) groups excluding carboxylic acids is 1. The van der Waals surface area contributed by atoms with Gasteiger partial charge in [-0.1, -0.05) is 6.07 Å². The number of aromatic nitrogens is 3. The number of para-hydroxylation sites is 1. The van der Waals surface area contributed by atoms with Gasteiger partial charge in [0.15, 0.2) is 6.61 Å². The van der Waals surface area contributed by atoms with Crippen molar-refractivity contribution < 1.29 is 35.9 Å². The average Bonchev–Trinajstić information content (AvgIpc) is 3.08. The van der Waals surface area contributed by atoms with Crippen LogP contribution in [0.3, 0.4) is 0 Å². The smallest absolute Gasteiger partial charge is 0.422 e. The number of halogens is 6. The molecule has 1 aromatic heterocycles. The van der Waals surface area contributed by atoms with Gasteiger partial charge >= 0.3 is 11.9 Å². The van der Waals surface area contributed by atoms with Crippen LogP contribution in [-0.4, -0.2) is 46.6 Å². The molecule has 14 heteroatoms.